The van der Waals surface area contributed by atoms with Crippen molar-refractivity contribution in [3.8, 4) is 0 Å². The number of carboxylic acid groups (broad SMARTS) is 2. The lowest BCUT2D eigenvalue weighted by Gasteiger charge is -2.31. The maximum absolute atomic E-state index is 11.2. The zero-order valence-electron chi connectivity index (χ0n) is 8.51. The van der Waals surface area contributed by atoms with Crippen LogP contribution in [-0.2, 0) is 14.4 Å². The van der Waals surface area contributed by atoms with E-state index in [0.29, 0.717) is 0 Å². The molecule has 6 nitrogen and oxygen atoms in total. The van der Waals surface area contributed by atoms with Crippen molar-refractivity contribution < 1.29 is 24.6 Å². The zero-order chi connectivity index (χ0) is 12.5. The molecule has 2 unspecified atom stereocenters. The summed E-state index contributed by atoms with van der Waals surface area (Å²) in [7, 11) is 0. The molecule has 4 N–H and O–H groups in total. The summed E-state index contributed by atoms with van der Waals surface area (Å²) in [6.07, 6.45) is 3.75. The average molecular weight is 225 g/mol. The molecule has 0 heterocycles. The van der Waals surface area contributed by atoms with Crippen molar-refractivity contribution in [1.82, 2.24) is 0 Å². The van der Waals surface area contributed by atoms with Crippen LogP contribution in [-0.4, -0.2) is 28.1 Å². The van der Waals surface area contributed by atoms with E-state index in [1.165, 1.54) is 25.2 Å². The molecule has 0 aliphatic heterocycles. The summed E-state index contributed by atoms with van der Waals surface area (Å²) in [6.45, 7) is 1.26. The second-order valence-corrected chi connectivity index (χ2v) is 3.71. The number of hydrogen-bond donors (Lipinski definition) is 3. The minimum atomic E-state index is -1.62. The van der Waals surface area contributed by atoms with Gasteiger partial charge in [-0.3, -0.25) is 9.59 Å². The zero-order valence-corrected chi connectivity index (χ0v) is 8.51. The molecule has 0 aromatic rings. The second-order valence-electron chi connectivity index (χ2n) is 3.71. The molecule has 0 aromatic heterocycles. The fourth-order valence-corrected chi connectivity index (χ4v) is 1.71. The lowest BCUT2D eigenvalue weighted by atomic mass is 9.70. The first kappa shape index (κ1) is 12.0. The Morgan fingerprint density at radius 2 is 1.94 bits per heavy atom. The van der Waals surface area contributed by atoms with Crippen LogP contribution in [0.4, 0.5) is 0 Å². The SMILES string of the molecule is CC1(C(=O)O)C=CC=C(C(=O)O)C1C(N)=O. The molecule has 1 aliphatic rings. The molecular formula is C10H11NO5. The lowest BCUT2D eigenvalue weighted by Crippen LogP contribution is -2.45. The van der Waals surface area contributed by atoms with E-state index in [1.807, 2.05) is 0 Å². The monoisotopic (exact) mass is 225 g/mol. The second kappa shape index (κ2) is 3.80. The number of carboxylic acids is 2. The van der Waals surface area contributed by atoms with Gasteiger partial charge in [0.2, 0.25) is 5.91 Å². The maximum atomic E-state index is 11.2. The van der Waals surface area contributed by atoms with E-state index < -0.39 is 29.2 Å². The summed E-state index contributed by atoms with van der Waals surface area (Å²) in [6, 6.07) is 0. The van der Waals surface area contributed by atoms with Crippen molar-refractivity contribution in [2.75, 3.05) is 0 Å². The van der Waals surface area contributed by atoms with Crippen LogP contribution in [0.5, 0.6) is 0 Å². The summed E-state index contributed by atoms with van der Waals surface area (Å²) in [4.78, 5) is 33.2. The predicted molar refractivity (Wildman–Crippen MR) is 53.3 cm³/mol. The molecule has 1 aliphatic carbocycles. The van der Waals surface area contributed by atoms with E-state index in [-0.39, 0.29) is 5.57 Å². The quantitative estimate of drug-likeness (QED) is 0.612. The molecule has 0 saturated heterocycles. The van der Waals surface area contributed by atoms with Crippen LogP contribution < -0.4 is 5.73 Å². The molecule has 0 aromatic carbocycles. The highest BCUT2D eigenvalue weighted by molar-refractivity contribution is 6.00. The van der Waals surface area contributed by atoms with E-state index in [2.05, 4.69) is 0 Å². The number of aliphatic carboxylic acids is 2. The third kappa shape index (κ3) is 1.69. The van der Waals surface area contributed by atoms with Gasteiger partial charge in [-0.1, -0.05) is 18.2 Å². The van der Waals surface area contributed by atoms with Crippen LogP contribution >= 0.6 is 0 Å². The highest BCUT2D eigenvalue weighted by Gasteiger charge is 2.47. The Bertz CT molecular complexity index is 423. The van der Waals surface area contributed by atoms with Gasteiger partial charge in [-0.05, 0) is 6.92 Å². The summed E-state index contributed by atoms with van der Waals surface area (Å²) >= 11 is 0. The molecule has 0 saturated carbocycles. The highest BCUT2D eigenvalue weighted by atomic mass is 16.4. The largest absolute Gasteiger partial charge is 0.481 e. The van der Waals surface area contributed by atoms with Gasteiger partial charge in [-0.2, -0.15) is 0 Å². The van der Waals surface area contributed by atoms with Gasteiger partial charge in [-0.25, -0.2) is 4.79 Å². The minimum Gasteiger partial charge on any atom is -0.481 e. The van der Waals surface area contributed by atoms with Crippen molar-refractivity contribution in [2.45, 2.75) is 6.92 Å². The van der Waals surface area contributed by atoms with Crippen molar-refractivity contribution in [1.29, 1.82) is 0 Å². The van der Waals surface area contributed by atoms with Gasteiger partial charge >= 0.3 is 11.9 Å². The van der Waals surface area contributed by atoms with Gasteiger partial charge in [0.15, 0.2) is 0 Å². The number of allylic oxidation sites excluding steroid dienone is 2. The van der Waals surface area contributed by atoms with Gasteiger partial charge in [0.25, 0.3) is 0 Å². The molecule has 86 valence electrons. The number of rotatable bonds is 3. The standard InChI is InChI=1S/C10H11NO5/c1-10(9(15)16)4-2-3-5(8(13)14)6(10)7(11)12/h2-4,6H,1H3,(H2,11,12)(H,13,14)(H,15,16). The topological polar surface area (TPSA) is 118 Å². The normalized spacial score (nSPS) is 28.3. The van der Waals surface area contributed by atoms with E-state index in [9.17, 15) is 14.4 Å². The first-order chi connectivity index (χ1) is 7.30. The number of amides is 1. The molecule has 6 heteroatoms. The fourth-order valence-electron chi connectivity index (χ4n) is 1.71. The molecule has 0 bridgehead atoms. The average Bonchev–Trinajstić information content (AvgIpc) is 2.16. The van der Waals surface area contributed by atoms with Gasteiger partial charge in [0, 0.05) is 0 Å². The van der Waals surface area contributed by atoms with Crippen LogP contribution in [0.25, 0.3) is 0 Å². The van der Waals surface area contributed by atoms with Crippen LogP contribution in [0.1, 0.15) is 6.92 Å². The molecule has 0 radical (unpaired) electrons. The van der Waals surface area contributed by atoms with Gasteiger partial charge in [-0.15, -0.1) is 0 Å². The molecule has 1 amide bonds. The Labute approximate surface area is 91.1 Å². The minimum absolute atomic E-state index is 0.306. The van der Waals surface area contributed by atoms with Crippen molar-refractivity contribution in [2.24, 2.45) is 17.1 Å². The maximum Gasteiger partial charge on any atom is 0.332 e. The smallest absolute Gasteiger partial charge is 0.332 e. The van der Waals surface area contributed by atoms with E-state index in [1.54, 1.807) is 0 Å². The first-order valence-corrected chi connectivity index (χ1v) is 4.46. The number of nitrogens with two attached hydrogens (primary N) is 1. The van der Waals surface area contributed by atoms with E-state index in [0.717, 1.165) is 0 Å². The third-order valence-electron chi connectivity index (χ3n) is 2.62. The number of carbonyl (C=O) groups is 3. The van der Waals surface area contributed by atoms with Crippen molar-refractivity contribution in [3.63, 3.8) is 0 Å². The predicted octanol–water partition coefficient (Wildman–Crippen LogP) is -0.240. The van der Waals surface area contributed by atoms with Crippen LogP contribution in [0, 0.1) is 11.3 Å². The summed E-state index contributed by atoms with van der Waals surface area (Å²) < 4.78 is 0. The molecular weight excluding hydrogens is 214 g/mol. The fraction of sp³-hybridized carbons (Fsp3) is 0.300. The van der Waals surface area contributed by atoms with E-state index >= 15 is 0 Å². The molecule has 16 heavy (non-hydrogen) atoms. The number of hydrogen-bond acceptors (Lipinski definition) is 3. The third-order valence-corrected chi connectivity index (χ3v) is 2.62. The van der Waals surface area contributed by atoms with Crippen molar-refractivity contribution in [3.05, 3.63) is 23.8 Å². The first-order valence-electron chi connectivity index (χ1n) is 4.46. The van der Waals surface area contributed by atoms with Crippen LogP contribution in [0.2, 0.25) is 0 Å². The van der Waals surface area contributed by atoms with Gasteiger partial charge in [0.1, 0.15) is 0 Å². The summed E-state index contributed by atoms with van der Waals surface area (Å²) in [5.74, 6) is -4.98. The van der Waals surface area contributed by atoms with Gasteiger partial charge in [0.05, 0.1) is 16.9 Å². The molecule has 1 rings (SSSR count). The number of carbonyl (C=O) groups excluding carboxylic acids is 1. The highest BCUT2D eigenvalue weighted by Crippen LogP contribution is 2.37. The number of primary amides is 1. The molecule has 0 spiro atoms. The van der Waals surface area contributed by atoms with E-state index in [4.69, 9.17) is 15.9 Å². The van der Waals surface area contributed by atoms with Crippen LogP contribution in [0.15, 0.2) is 23.8 Å². The Morgan fingerprint density at radius 1 is 1.38 bits per heavy atom. The lowest BCUT2D eigenvalue weighted by molar-refractivity contribution is -0.151. The Balaban J connectivity index is 3.32. The van der Waals surface area contributed by atoms with Crippen LogP contribution in [0.3, 0.4) is 0 Å². The Morgan fingerprint density at radius 3 is 2.31 bits per heavy atom. The Hall–Kier alpha value is -2.11. The summed E-state index contributed by atoms with van der Waals surface area (Å²) in [5, 5.41) is 17.9. The molecule has 2 atom stereocenters. The Kier molecular flexibility index (Phi) is 2.84. The summed E-state index contributed by atoms with van der Waals surface area (Å²) in [5.41, 5.74) is 3.15. The van der Waals surface area contributed by atoms with Gasteiger partial charge < -0.3 is 15.9 Å². The molecule has 0 fully saturated rings. The van der Waals surface area contributed by atoms with Crippen molar-refractivity contribution >= 4 is 17.8 Å².